The number of piperidine rings is 1. The molecule has 1 atom stereocenters. The molecule has 0 spiro atoms. The van der Waals surface area contributed by atoms with Crippen LogP contribution in [0.4, 0.5) is 0 Å². The molecule has 0 saturated carbocycles. The van der Waals surface area contributed by atoms with Crippen LogP contribution < -0.4 is 0 Å². The molecule has 1 aromatic heterocycles. The van der Waals surface area contributed by atoms with Gasteiger partial charge in [0.2, 0.25) is 0 Å². The Bertz CT molecular complexity index is 854. The number of amides is 1. The van der Waals surface area contributed by atoms with Crippen molar-refractivity contribution in [2.24, 2.45) is 0 Å². The molecule has 136 valence electrons. The summed E-state index contributed by atoms with van der Waals surface area (Å²) in [5.41, 5.74) is 4.22. The van der Waals surface area contributed by atoms with E-state index in [1.54, 1.807) is 0 Å². The van der Waals surface area contributed by atoms with Gasteiger partial charge < -0.3 is 9.88 Å². The van der Waals surface area contributed by atoms with E-state index in [-0.39, 0.29) is 11.7 Å². The Morgan fingerprint density at radius 3 is 2.73 bits per heavy atom. The van der Waals surface area contributed by atoms with Crippen LogP contribution >= 0.6 is 11.6 Å². The summed E-state index contributed by atoms with van der Waals surface area (Å²) in [7, 11) is 0. The van der Waals surface area contributed by atoms with Crippen LogP contribution in [0, 0.1) is 6.92 Å². The van der Waals surface area contributed by atoms with Crippen LogP contribution in [-0.4, -0.2) is 34.7 Å². The Labute approximate surface area is 158 Å². The molecule has 1 N–H and O–H groups in total. The maximum absolute atomic E-state index is 13.3. The number of carbonyl (C=O) groups is 2. The van der Waals surface area contributed by atoms with E-state index in [9.17, 15) is 9.59 Å². The Morgan fingerprint density at radius 1 is 1.19 bits per heavy atom. The zero-order valence-electron chi connectivity index (χ0n) is 15.0. The third-order valence-electron chi connectivity index (χ3n) is 5.64. The number of nitrogens with zero attached hydrogens (tertiary/aromatic N) is 1. The van der Waals surface area contributed by atoms with Crippen molar-refractivity contribution in [1.82, 2.24) is 9.88 Å². The molecule has 4 rings (SSSR count). The zero-order chi connectivity index (χ0) is 18.3. The van der Waals surface area contributed by atoms with E-state index in [0.29, 0.717) is 30.0 Å². The number of aromatic nitrogens is 1. The predicted octanol–water partition coefficient (Wildman–Crippen LogP) is 4.52. The molecule has 2 heterocycles. The van der Waals surface area contributed by atoms with Crippen LogP contribution in [0.15, 0.2) is 24.3 Å². The number of aryl methyl sites for hydroxylation is 2. The zero-order valence-corrected chi connectivity index (χ0v) is 15.7. The van der Waals surface area contributed by atoms with Gasteiger partial charge in [0.15, 0.2) is 5.78 Å². The number of aromatic amines is 1. The quantitative estimate of drug-likeness (QED) is 0.845. The highest BCUT2D eigenvalue weighted by Gasteiger charge is 2.32. The van der Waals surface area contributed by atoms with Gasteiger partial charge in [-0.3, -0.25) is 9.59 Å². The van der Waals surface area contributed by atoms with Crippen LogP contribution in [0.5, 0.6) is 0 Å². The number of benzene rings is 1. The molecule has 26 heavy (non-hydrogen) atoms. The Morgan fingerprint density at radius 2 is 1.96 bits per heavy atom. The van der Waals surface area contributed by atoms with Crippen molar-refractivity contribution < 1.29 is 9.59 Å². The maximum atomic E-state index is 13.3. The van der Waals surface area contributed by atoms with Crippen LogP contribution in [0.25, 0.3) is 0 Å². The van der Waals surface area contributed by atoms with Crippen LogP contribution in [0.1, 0.15) is 69.3 Å². The summed E-state index contributed by atoms with van der Waals surface area (Å²) >= 11 is 6.00. The van der Waals surface area contributed by atoms with E-state index in [4.69, 9.17) is 11.6 Å². The van der Waals surface area contributed by atoms with E-state index in [1.807, 2.05) is 36.1 Å². The second kappa shape index (κ2) is 6.92. The molecule has 1 aromatic carbocycles. The highest BCUT2D eigenvalue weighted by molar-refractivity contribution is 6.30. The van der Waals surface area contributed by atoms with Gasteiger partial charge >= 0.3 is 0 Å². The third kappa shape index (κ3) is 3.07. The first kappa shape index (κ1) is 17.3. The summed E-state index contributed by atoms with van der Waals surface area (Å²) in [4.78, 5) is 30.9. The van der Waals surface area contributed by atoms with Gasteiger partial charge in [-0.2, -0.15) is 0 Å². The van der Waals surface area contributed by atoms with Crippen molar-refractivity contribution in [3.63, 3.8) is 0 Å². The molecule has 4 nitrogen and oxygen atoms in total. The van der Waals surface area contributed by atoms with Gasteiger partial charge in [0.25, 0.3) is 5.91 Å². The average molecular weight is 371 g/mol. The van der Waals surface area contributed by atoms with Gasteiger partial charge in [0.05, 0.1) is 11.1 Å². The highest BCUT2D eigenvalue weighted by atomic mass is 35.5. The normalized spacial score (nSPS) is 20.2. The van der Waals surface area contributed by atoms with Crippen molar-refractivity contribution in [3.8, 4) is 0 Å². The molecular weight excluding hydrogens is 348 g/mol. The number of hydrogen-bond acceptors (Lipinski definition) is 2. The largest absolute Gasteiger partial charge is 0.361 e. The number of H-pyrrole nitrogens is 1. The number of fused-ring (bicyclic) bond motifs is 1. The van der Waals surface area contributed by atoms with E-state index >= 15 is 0 Å². The predicted molar refractivity (Wildman–Crippen MR) is 102 cm³/mol. The number of likely N-dealkylation sites (tertiary alicyclic amines) is 1. The average Bonchev–Trinajstić information content (AvgIpc) is 2.99. The first-order valence-corrected chi connectivity index (χ1v) is 9.71. The topological polar surface area (TPSA) is 53.2 Å². The molecular formula is C21H23ClN2O2. The van der Waals surface area contributed by atoms with Gasteiger partial charge in [-0.25, -0.2) is 0 Å². The molecule has 1 aliphatic carbocycles. The fourth-order valence-electron chi connectivity index (χ4n) is 4.33. The summed E-state index contributed by atoms with van der Waals surface area (Å²) in [6.45, 7) is 3.34. The van der Waals surface area contributed by atoms with Gasteiger partial charge in [0.1, 0.15) is 0 Å². The third-order valence-corrected chi connectivity index (χ3v) is 5.89. The van der Waals surface area contributed by atoms with Gasteiger partial charge in [-0.1, -0.05) is 23.7 Å². The minimum absolute atomic E-state index is 0.00564. The van der Waals surface area contributed by atoms with Crippen molar-refractivity contribution in [3.05, 3.63) is 57.4 Å². The van der Waals surface area contributed by atoms with E-state index in [2.05, 4.69) is 4.98 Å². The van der Waals surface area contributed by atoms with E-state index < -0.39 is 0 Å². The summed E-state index contributed by atoms with van der Waals surface area (Å²) < 4.78 is 0. The molecule has 5 heteroatoms. The van der Waals surface area contributed by atoms with Crippen molar-refractivity contribution in [2.45, 2.75) is 44.9 Å². The molecule has 1 fully saturated rings. The standard InChI is InChI=1S/C21H23ClN2O2/c1-13-19(20-17(23-13)5-2-6-18(20)25)21(26)24-11-3-4-15(12-24)14-7-9-16(22)10-8-14/h7-10,15,23H,2-6,11-12H2,1H3/t15-/m0/s1. The molecule has 0 unspecified atom stereocenters. The van der Waals surface area contributed by atoms with Crippen LogP contribution in [0.3, 0.4) is 0 Å². The second-order valence-corrected chi connectivity index (χ2v) is 7.83. The first-order valence-electron chi connectivity index (χ1n) is 9.34. The highest BCUT2D eigenvalue weighted by Crippen LogP contribution is 2.32. The maximum Gasteiger partial charge on any atom is 0.256 e. The van der Waals surface area contributed by atoms with Gasteiger partial charge in [-0.15, -0.1) is 0 Å². The minimum Gasteiger partial charge on any atom is -0.361 e. The Kier molecular flexibility index (Phi) is 4.62. The van der Waals surface area contributed by atoms with Crippen molar-refractivity contribution in [1.29, 1.82) is 0 Å². The fraction of sp³-hybridized carbons (Fsp3) is 0.429. The molecule has 1 amide bonds. The molecule has 1 aliphatic heterocycles. The Balaban J connectivity index is 1.60. The fourth-order valence-corrected chi connectivity index (χ4v) is 4.46. The smallest absolute Gasteiger partial charge is 0.256 e. The lowest BCUT2D eigenvalue weighted by molar-refractivity contribution is 0.0701. The van der Waals surface area contributed by atoms with E-state index in [0.717, 1.165) is 48.6 Å². The number of hydrogen-bond donors (Lipinski definition) is 1. The molecule has 0 bridgehead atoms. The molecule has 2 aliphatic rings. The lowest BCUT2D eigenvalue weighted by Gasteiger charge is -2.33. The number of Topliss-reactive ketones (excluding diaryl/α,β-unsaturated/α-hetero) is 1. The lowest BCUT2D eigenvalue weighted by Crippen LogP contribution is -2.39. The van der Waals surface area contributed by atoms with E-state index in [1.165, 1.54) is 5.56 Å². The lowest BCUT2D eigenvalue weighted by atomic mass is 9.89. The number of nitrogens with one attached hydrogen (secondary N) is 1. The van der Waals surface area contributed by atoms with Gasteiger partial charge in [-0.05, 0) is 50.3 Å². The SMILES string of the molecule is Cc1[nH]c2c(c1C(=O)N1CCC[C@H](c3ccc(Cl)cc3)C1)C(=O)CCC2. The molecule has 0 radical (unpaired) electrons. The van der Waals surface area contributed by atoms with Crippen molar-refractivity contribution in [2.75, 3.05) is 13.1 Å². The second-order valence-electron chi connectivity index (χ2n) is 7.40. The van der Waals surface area contributed by atoms with Gasteiger partial charge in [0, 0.05) is 41.8 Å². The number of halogens is 1. The molecule has 2 aromatic rings. The van der Waals surface area contributed by atoms with Crippen molar-refractivity contribution >= 4 is 23.3 Å². The summed E-state index contributed by atoms with van der Waals surface area (Å²) in [5, 5.41) is 0.727. The van der Waals surface area contributed by atoms with Crippen LogP contribution in [0.2, 0.25) is 5.02 Å². The number of rotatable bonds is 2. The summed E-state index contributed by atoms with van der Waals surface area (Å²) in [6, 6.07) is 7.91. The number of carbonyl (C=O) groups excluding carboxylic acids is 2. The molecule has 1 saturated heterocycles. The Hall–Kier alpha value is -2.07. The minimum atomic E-state index is -0.00564. The summed E-state index contributed by atoms with van der Waals surface area (Å²) in [5.74, 6) is 0.412. The monoisotopic (exact) mass is 370 g/mol. The summed E-state index contributed by atoms with van der Waals surface area (Å²) in [6.07, 6.45) is 4.29. The van der Waals surface area contributed by atoms with Crippen LogP contribution in [-0.2, 0) is 6.42 Å². The number of ketones is 1. The first-order chi connectivity index (χ1) is 12.5.